The number of hydrogen-bond donors (Lipinski definition) is 1. The van der Waals surface area contributed by atoms with Crippen molar-refractivity contribution in [2.24, 2.45) is 0 Å². The molecule has 1 aliphatic carbocycles. The Morgan fingerprint density at radius 1 is 1.32 bits per heavy atom. The summed E-state index contributed by atoms with van der Waals surface area (Å²) in [7, 11) is 0. The molecule has 4 nitrogen and oxygen atoms in total. The van der Waals surface area contributed by atoms with Gasteiger partial charge < -0.3 is 10.2 Å². The largest absolute Gasteiger partial charge is 0.390 e. The zero-order valence-electron chi connectivity index (χ0n) is 10.7. The summed E-state index contributed by atoms with van der Waals surface area (Å²) >= 11 is 0. The van der Waals surface area contributed by atoms with Gasteiger partial charge in [0, 0.05) is 6.54 Å². The zero-order chi connectivity index (χ0) is 14.3. The van der Waals surface area contributed by atoms with Gasteiger partial charge in [-0.15, -0.1) is 0 Å². The van der Waals surface area contributed by atoms with Crippen molar-refractivity contribution < 1.29 is 22.8 Å². The van der Waals surface area contributed by atoms with Crippen molar-refractivity contribution in [2.45, 2.75) is 56.8 Å². The lowest BCUT2D eigenvalue weighted by Crippen LogP contribution is -2.69. The summed E-state index contributed by atoms with van der Waals surface area (Å²) in [6.07, 6.45) is -2.96. The van der Waals surface area contributed by atoms with Gasteiger partial charge in [-0.25, -0.2) is 0 Å². The van der Waals surface area contributed by atoms with E-state index in [4.69, 9.17) is 0 Å². The van der Waals surface area contributed by atoms with Crippen LogP contribution in [0.3, 0.4) is 0 Å². The fourth-order valence-corrected chi connectivity index (χ4v) is 2.98. The molecule has 2 aliphatic rings. The Bertz CT molecular complexity index is 389. The predicted molar refractivity (Wildman–Crippen MR) is 61.2 cm³/mol. The molecule has 1 saturated carbocycles. The van der Waals surface area contributed by atoms with E-state index in [9.17, 15) is 22.8 Å². The average molecular weight is 278 g/mol. The van der Waals surface area contributed by atoms with E-state index in [0.29, 0.717) is 12.8 Å². The third kappa shape index (κ3) is 2.55. The molecule has 1 heterocycles. The van der Waals surface area contributed by atoms with Gasteiger partial charge >= 0.3 is 6.18 Å². The van der Waals surface area contributed by atoms with E-state index in [1.165, 1.54) is 6.92 Å². The van der Waals surface area contributed by atoms with Crippen molar-refractivity contribution in [1.82, 2.24) is 10.2 Å². The minimum atomic E-state index is -4.32. The van der Waals surface area contributed by atoms with Crippen molar-refractivity contribution >= 4 is 11.8 Å². The summed E-state index contributed by atoms with van der Waals surface area (Å²) in [5.41, 5.74) is -1.05. The van der Waals surface area contributed by atoms with Crippen LogP contribution in [0.15, 0.2) is 0 Å². The molecule has 108 valence electrons. The molecule has 1 aliphatic heterocycles. The standard InChI is InChI=1S/C12H17F3N2O2/c1-8-9(18)17(7-6-12(13,14)15)11(10(19)16-8)4-2-3-5-11/h8H,2-7H2,1H3,(H,16,19). The van der Waals surface area contributed by atoms with Crippen LogP contribution in [0.4, 0.5) is 13.2 Å². The highest BCUT2D eigenvalue weighted by Gasteiger charge is 2.53. The van der Waals surface area contributed by atoms with E-state index in [1.54, 1.807) is 0 Å². The molecule has 1 spiro atoms. The number of carbonyl (C=O) groups is 2. The van der Waals surface area contributed by atoms with Gasteiger partial charge in [0.2, 0.25) is 11.8 Å². The third-order valence-corrected chi connectivity index (χ3v) is 3.97. The number of hydrogen-bond acceptors (Lipinski definition) is 2. The predicted octanol–water partition coefficient (Wildman–Crippen LogP) is 1.60. The number of halogens is 3. The van der Waals surface area contributed by atoms with Gasteiger partial charge in [-0.1, -0.05) is 12.8 Å². The average Bonchev–Trinajstić information content (AvgIpc) is 2.76. The number of carbonyl (C=O) groups excluding carboxylic acids is 2. The summed E-state index contributed by atoms with van der Waals surface area (Å²) in [6.45, 7) is 1.07. The number of piperazine rings is 1. The van der Waals surface area contributed by atoms with E-state index in [1.807, 2.05) is 0 Å². The Morgan fingerprint density at radius 3 is 2.42 bits per heavy atom. The molecule has 1 N–H and O–H groups in total. The second-order valence-electron chi connectivity index (χ2n) is 5.29. The van der Waals surface area contributed by atoms with E-state index in [0.717, 1.165) is 17.7 Å². The van der Waals surface area contributed by atoms with Crippen molar-refractivity contribution in [3.8, 4) is 0 Å². The molecule has 0 bridgehead atoms. The number of alkyl halides is 3. The van der Waals surface area contributed by atoms with Gasteiger partial charge in [0.15, 0.2) is 0 Å². The van der Waals surface area contributed by atoms with Crippen LogP contribution in [0.2, 0.25) is 0 Å². The van der Waals surface area contributed by atoms with E-state index < -0.39 is 36.6 Å². The van der Waals surface area contributed by atoms with Crippen LogP contribution in [0, 0.1) is 0 Å². The van der Waals surface area contributed by atoms with Gasteiger partial charge in [-0.2, -0.15) is 13.2 Å². The van der Waals surface area contributed by atoms with Gasteiger partial charge in [-0.05, 0) is 19.8 Å². The van der Waals surface area contributed by atoms with Crippen molar-refractivity contribution in [3.63, 3.8) is 0 Å². The maximum atomic E-state index is 12.4. The first-order valence-electron chi connectivity index (χ1n) is 6.45. The lowest BCUT2D eigenvalue weighted by Gasteiger charge is -2.45. The first kappa shape index (κ1) is 14.1. The minimum Gasteiger partial charge on any atom is -0.343 e. The Labute approximate surface area is 109 Å². The van der Waals surface area contributed by atoms with Gasteiger partial charge in [0.25, 0.3) is 0 Å². The van der Waals surface area contributed by atoms with Crippen molar-refractivity contribution in [1.29, 1.82) is 0 Å². The van der Waals surface area contributed by atoms with Crippen LogP contribution in [-0.4, -0.2) is 41.0 Å². The molecule has 0 aromatic rings. The van der Waals surface area contributed by atoms with Crippen LogP contribution in [-0.2, 0) is 9.59 Å². The number of nitrogens with zero attached hydrogens (tertiary/aromatic N) is 1. The summed E-state index contributed by atoms with van der Waals surface area (Å²) in [5, 5.41) is 2.58. The molecule has 1 unspecified atom stereocenters. The molecule has 1 saturated heterocycles. The fourth-order valence-electron chi connectivity index (χ4n) is 2.98. The number of amides is 2. The summed E-state index contributed by atoms with van der Waals surface area (Å²) < 4.78 is 37.1. The molecule has 2 fully saturated rings. The molecule has 19 heavy (non-hydrogen) atoms. The SMILES string of the molecule is CC1NC(=O)C2(CCCC2)N(CCC(F)(F)F)C1=O. The first-order valence-corrected chi connectivity index (χ1v) is 6.45. The van der Waals surface area contributed by atoms with Crippen LogP contribution in [0.5, 0.6) is 0 Å². The van der Waals surface area contributed by atoms with Crippen molar-refractivity contribution in [2.75, 3.05) is 6.54 Å². The maximum absolute atomic E-state index is 12.4. The Hall–Kier alpha value is -1.27. The second-order valence-corrected chi connectivity index (χ2v) is 5.29. The highest BCUT2D eigenvalue weighted by molar-refractivity contribution is 5.99. The quantitative estimate of drug-likeness (QED) is 0.834. The minimum absolute atomic E-state index is 0.306. The molecular formula is C12H17F3N2O2. The molecule has 2 rings (SSSR count). The third-order valence-electron chi connectivity index (χ3n) is 3.97. The second kappa shape index (κ2) is 4.68. The van der Waals surface area contributed by atoms with Crippen molar-refractivity contribution in [3.05, 3.63) is 0 Å². The Morgan fingerprint density at radius 2 is 1.89 bits per heavy atom. The smallest absolute Gasteiger partial charge is 0.343 e. The Kier molecular flexibility index (Phi) is 3.49. The fraction of sp³-hybridized carbons (Fsp3) is 0.833. The topological polar surface area (TPSA) is 49.4 Å². The molecule has 0 radical (unpaired) electrons. The maximum Gasteiger partial charge on any atom is 0.390 e. The molecule has 2 amide bonds. The Balaban J connectivity index is 2.22. The molecule has 7 heteroatoms. The number of nitrogens with one attached hydrogen (secondary N) is 1. The summed E-state index contributed by atoms with van der Waals surface area (Å²) in [5.74, 6) is -0.718. The zero-order valence-corrected chi connectivity index (χ0v) is 10.7. The van der Waals surface area contributed by atoms with Gasteiger partial charge in [0.05, 0.1) is 6.42 Å². The van der Waals surface area contributed by atoms with E-state index in [-0.39, 0.29) is 5.91 Å². The first-order chi connectivity index (χ1) is 8.76. The normalized spacial score (nSPS) is 26.9. The molecular weight excluding hydrogens is 261 g/mol. The lowest BCUT2D eigenvalue weighted by atomic mass is 9.89. The number of rotatable bonds is 2. The van der Waals surface area contributed by atoms with E-state index >= 15 is 0 Å². The highest BCUT2D eigenvalue weighted by atomic mass is 19.4. The summed E-state index contributed by atoms with van der Waals surface area (Å²) in [4.78, 5) is 25.4. The van der Waals surface area contributed by atoms with Crippen LogP contribution < -0.4 is 5.32 Å². The van der Waals surface area contributed by atoms with Crippen LogP contribution in [0.1, 0.15) is 39.0 Å². The van der Waals surface area contributed by atoms with Crippen LogP contribution in [0.25, 0.3) is 0 Å². The lowest BCUT2D eigenvalue weighted by molar-refractivity contribution is -0.165. The van der Waals surface area contributed by atoms with Gasteiger partial charge in [0.1, 0.15) is 11.6 Å². The monoisotopic (exact) mass is 278 g/mol. The molecule has 1 atom stereocenters. The molecule has 0 aromatic carbocycles. The highest BCUT2D eigenvalue weighted by Crippen LogP contribution is 2.38. The molecule has 0 aromatic heterocycles. The van der Waals surface area contributed by atoms with Crippen LogP contribution >= 0.6 is 0 Å². The van der Waals surface area contributed by atoms with Gasteiger partial charge in [-0.3, -0.25) is 9.59 Å². The summed E-state index contributed by atoms with van der Waals surface area (Å²) in [6, 6.07) is -0.744. The van der Waals surface area contributed by atoms with E-state index in [2.05, 4.69) is 5.32 Å².